The molecule has 0 aromatic carbocycles. The third-order valence-electron chi connectivity index (χ3n) is 10.1. The quantitative estimate of drug-likeness (QED) is 0.425. The topological polar surface area (TPSA) is 102 Å². The zero-order chi connectivity index (χ0) is 25.8. The van der Waals surface area contributed by atoms with E-state index < -0.39 is 35.5 Å². The molecule has 2 N–H and O–H groups in total. The number of rotatable bonds is 6. The van der Waals surface area contributed by atoms with Gasteiger partial charge in [0.1, 0.15) is 0 Å². The maximum absolute atomic E-state index is 12.6. The van der Waals surface area contributed by atoms with Crippen LogP contribution in [-0.4, -0.2) is 52.4 Å². The average molecular weight is 491 g/mol. The summed E-state index contributed by atoms with van der Waals surface area (Å²) in [6.07, 6.45) is 8.62. The Kier molecular flexibility index (Phi) is 6.78. The fourth-order valence-electron chi connectivity index (χ4n) is 7.26. The Labute approximate surface area is 208 Å². The van der Waals surface area contributed by atoms with Crippen LogP contribution in [0.4, 0.5) is 0 Å². The van der Waals surface area contributed by atoms with Crippen molar-refractivity contribution in [2.24, 2.45) is 22.7 Å². The average Bonchev–Trinajstić information content (AvgIpc) is 3.20. The first-order valence-corrected chi connectivity index (χ1v) is 13.1. The fraction of sp³-hybridized carbons (Fsp3) is 0.786. The number of allylic oxidation sites excluding steroid dienone is 3. The van der Waals surface area contributed by atoms with Crippen LogP contribution in [0.3, 0.4) is 0 Å². The van der Waals surface area contributed by atoms with E-state index in [0.717, 1.165) is 24.8 Å². The van der Waals surface area contributed by atoms with Crippen LogP contribution in [0.2, 0.25) is 0 Å². The zero-order valence-corrected chi connectivity index (χ0v) is 22.1. The molecule has 0 radical (unpaired) electrons. The van der Waals surface area contributed by atoms with Crippen LogP contribution < -0.4 is 0 Å². The Morgan fingerprint density at radius 2 is 1.97 bits per heavy atom. The first kappa shape index (κ1) is 26.4. The van der Waals surface area contributed by atoms with Gasteiger partial charge in [-0.25, -0.2) is 4.79 Å². The largest absolute Gasteiger partial charge is 0.456 e. The summed E-state index contributed by atoms with van der Waals surface area (Å²) in [4.78, 5) is 23.9. The molecule has 4 rings (SSSR count). The van der Waals surface area contributed by atoms with Gasteiger partial charge in [-0.3, -0.25) is 4.79 Å². The van der Waals surface area contributed by atoms with Gasteiger partial charge in [0.15, 0.2) is 12.2 Å². The summed E-state index contributed by atoms with van der Waals surface area (Å²) in [5.41, 5.74) is 0.802. The van der Waals surface area contributed by atoms with Gasteiger partial charge in [0.25, 0.3) is 0 Å². The number of carbonyl (C=O) groups is 2. The number of hydrogen-bond donors (Lipinski definition) is 2. The molecule has 2 aliphatic heterocycles. The summed E-state index contributed by atoms with van der Waals surface area (Å²) in [6, 6.07) is 0. The van der Waals surface area contributed by atoms with Gasteiger partial charge in [-0.05, 0) is 75.0 Å². The van der Waals surface area contributed by atoms with Crippen molar-refractivity contribution in [1.29, 1.82) is 0 Å². The van der Waals surface area contributed by atoms with Crippen molar-refractivity contribution in [3.05, 3.63) is 23.3 Å². The Hall–Kier alpha value is -1.70. The van der Waals surface area contributed by atoms with Gasteiger partial charge >= 0.3 is 11.9 Å². The minimum absolute atomic E-state index is 0.132. The zero-order valence-electron chi connectivity index (χ0n) is 22.1. The van der Waals surface area contributed by atoms with Crippen LogP contribution in [0.25, 0.3) is 0 Å². The van der Waals surface area contributed by atoms with E-state index in [0.29, 0.717) is 11.8 Å². The molecule has 7 nitrogen and oxygen atoms in total. The molecular formula is C28H42O7. The van der Waals surface area contributed by atoms with Crippen LogP contribution in [0.5, 0.6) is 0 Å². The number of aliphatic hydroxyl groups is 2. The van der Waals surface area contributed by atoms with Crippen molar-refractivity contribution >= 4 is 11.9 Å². The molecule has 8 atom stereocenters. The van der Waals surface area contributed by atoms with E-state index in [9.17, 15) is 19.8 Å². The Morgan fingerprint density at radius 1 is 1.26 bits per heavy atom. The standard InChI is InChI=1S/C28H42O7/c1-17(10-13-25(5)19(3)12-14-26(6)18(2)8-7-9-22(25)26)11-15-27(31)24(30)35-23-21(34-20(4)29)16-33-28(23,27)32/h8,11,19,21-23,31-32H,7,9-10,12-16H2,1-6H3. The van der Waals surface area contributed by atoms with Crippen molar-refractivity contribution in [2.75, 3.05) is 6.61 Å². The van der Waals surface area contributed by atoms with Gasteiger partial charge < -0.3 is 24.4 Å². The van der Waals surface area contributed by atoms with Crippen LogP contribution >= 0.6 is 0 Å². The highest BCUT2D eigenvalue weighted by Gasteiger charge is 2.73. The van der Waals surface area contributed by atoms with Crippen LogP contribution in [0.15, 0.2) is 23.3 Å². The van der Waals surface area contributed by atoms with E-state index in [1.807, 2.05) is 13.0 Å². The van der Waals surface area contributed by atoms with Gasteiger partial charge in [0.05, 0.1) is 6.61 Å². The minimum atomic E-state index is -2.25. The molecule has 0 spiro atoms. The second-order valence-electron chi connectivity index (χ2n) is 12.0. The van der Waals surface area contributed by atoms with E-state index >= 15 is 0 Å². The SMILES string of the molecule is CC(=O)OC1COC2(O)C1OC(=O)C2(O)CC=C(C)CCC1(C)C(C)CCC2(C)C(C)=CCCC21. The lowest BCUT2D eigenvalue weighted by molar-refractivity contribution is -0.261. The molecular weight excluding hydrogens is 448 g/mol. The predicted octanol–water partition coefficient (Wildman–Crippen LogP) is 4.21. The lowest BCUT2D eigenvalue weighted by Gasteiger charge is -2.58. The van der Waals surface area contributed by atoms with Crippen LogP contribution in [0, 0.1) is 22.7 Å². The first-order valence-electron chi connectivity index (χ1n) is 13.1. The molecule has 0 amide bonds. The van der Waals surface area contributed by atoms with E-state index in [-0.39, 0.29) is 23.9 Å². The molecule has 4 aliphatic rings. The molecule has 196 valence electrons. The molecule has 1 saturated carbocycles. The normalized spacial score (nSPS) is 45.4. The molecule has 0 aromatic rings. The lowest BCUT2D eigenvalue weighted by Crippen LogP contribution is -2.57. The van der Waals surface area contributed by atoms with Crippen molar-refractivity contribution in [3.8, 4) is 0 Å². The van der Waals surface area contributed by atoms with Crippen molar-refractivity contribution in [2.45, 2.75) is 110 Å². The first-order chi connectivity index (χ1) is 16.3. The molecule has 2 heterocycles. The molecule has 0 bridgehead atoms. The molecule has 0 aromatic heterocycles. The summed E-state index contributed by atoms with van der Waals surface area (Å²) in [7, 11) is 0. The second-order valence-corrected chi connectivity index (χ2v) is 12.0. The molecule has 8 unspecified atom stereocenters. The number of fused-ring (bicyclic) bond motifs is 2. The maximum atomic E-state index is 12.6. The van der Waals surface area contributed by atoms with Gasteiger partial charge in [0, 0.05) is 13.3 Å². The van der Waals surface area contributed by atoms with Crippen molar-refractivity contribution in [1.82, 2.24) is 0 Å². The summed E-state index contributed by atoms with van der Waals surface area (Å²) in [5, 5.41) is 22.2. The molecule has 35 heavy (non-hydrogen) atoms. The Morgan fingerprint density at radius 3 is 2.66 bits per heavy atom. The third kappa shape index (κ3) is 4.08. The van der Waals surface area contributed by atoms with E-state index in [4.69, 9.17) is 14.2 Å². The van der Waals surface area contributed by atoms with Crippen LogP contribution in [0.1, 0.15) is 86.5 Å². The second kappa shape index (κ2) is 9.00. The maximum Gasteiger partial charge on any atom is 0.345 e. The van der Waals surface area contributed by atoms with Crippen molar-refractivity contribution < 1.29 is 34.0 Å². The number of hydrogen-bond acceptors (Lipinski definition) is 7. The number of esters is 2. The Balaban J connectivity index is 1.46. The summed E-state index contributed by atoms with van der Waals surface area (Å²) in [6.45, 7) is 12.7. The molecule has 7 heteroatoms. The summed E-state index contributed by atoms with van der Waals surface area (Å²) >= 11 is 0. The number of ether oxygens (including phenoxy) is 3. The van der Waals surface area contributed by atoms with E-state index in [1.54, 1.807) is 0 Å². The van der Waals surface area contributed by atoms with Gasteiger partial charge in [-0.2, -0.15) is 0 Å². The fourth-order valence-corrected chi connectivity index (χ4v) is 7.26. The summed E-state index contributed by atoms with van der Waals surface area (Å²) < 4.78 is 15.8. The predicted molar refractivity (Wildman–Crippen MR) is 130 cm³/mol. The van der Waals surface area contributed by atoms with Gasteiger partial charge in [0.2, 0.25) is 11.4 Å². The lowest BCUT2D eigenvalue weighted by atomic mass is 9.47. The smallest absolute Gasteiger partial charge is 0.345 e. The van der Waals surface area contributed by atoms with Crippen molar-refractivity contribution in [3.63, 3.8) is 0 Å². The molecule has 3 fully saturated rings. The van der Waals surface area contributed by atoms with E-state index in [2.05, 4.69) is 33.8 Å². The highest BCUT2D eigenvalue weighted by atomic mass is 16.7. The number of carbonyl (C=O) groups excluding carboxylic acids is 2. The highest BCUT2D eigenvalue weighted by Crippen LogP contribution is 2.62. The summed E-state index contributed by atoms with van der Waals surface area (Å²) in [5.74, 6) is -2.52. The van der Waals surface area contributed by atoms with Crippen LogP contribution in [-0.2, 0) is 23.8 Å². The van der Waals surface area contributed by atoms with Gasteiger partial charge in [-0.1, -0.05) is 44.1 Å². The third-order valence-corrected chi connectivity index (χ3v) is 10.1. The monoisotopic (exact) mass is 490 g/mol. The minimum Gasteiger partial charge on any atom is -0.456 e. The molecule has 2 aliphatic carbocycles. The van der Waals surface area contributed by atoms with E-state index in [1.165, 1.54) is 31.8 Å². The molecule has 2 saturated heterocycles. The Bertz CT molecular complexity index is 940. The highest BCUT2D eigenvalue weighted by molar-refractivity contribution is 5.84. The van der Waals surface area contributed by atoms with Gasteiger partial charge in [-0.15, -0.1) is 0 Å².